The first-order valence-corrected chi connectivity index (χ1v) is 6.36. The number of likely N-dealkylation sites (N-methyl/N-ethyl adjacent to an activating group) is 1. The van der Waals surface area contributed by atoms with Crippen LogP contribution in [0.15, 0.2) is 22.6 Å². The second kappa shape index (κ2) is 4.81. The van der Waals surface area contributed by atoms with Crippen molar-refractivity contribution in [2.24, 2.45) is 0 Å². The fraction of sp³-hybridized carbons (Fsp3) is 0.500. The van der Waals surface area contributed by atoms with E-state index in [0.717, 1.165) is 25.3 Å². The van der Waals surface area contributed by atoms with E-state index in [2.05, 4.69) is 36.0 Å². The molecule has 3 heteroatoms. The SMILES string of the molecule is CCNC(C1=CCCO1)c1cscc1C. The van der Waals surface area contributed by atoms with Crippen molar-refractivity contribution in [2.75, 3.05) is 13.2 Å². The molecule has 0 spiro atoms. The first-order chi connectivity index (χ1) is 7.33. The van der Waals surface area contributed by atoms with Crippen molar-refractivity contribution >= 4 is 11.3 Å². The molecule has 82 valence electrons. The second-order valence-electron chi connectivity index (χ2n) is 3.74. The molecular formula is C12H17NOS. The number of rotatable bonds is 4. The van der Waals surface area contributed by atoms with Gasteiger partial charge in [-0.15, -0.1) is 0 Å². The molecule has 1 unspecified atom stereocenters. The van der Waals surface area contributed by atoms with Gasteiger partial charge in [-0.3, -0.25) is 0 Å². The van der Waals surface area contributed by atoms with Crippen molar-refractivity contribution in [3.8, 4) is 0 Å². The lowest BCUT2D eigenvalue weighted by Gasteiger charge is -2.19. The summed E-state index contributed by atoms with van der Waals surface area (Å²) in [6.07, 6.45) is 3.24. The Morgan fingerprint density at radius 3 is 2.93 bits per heavy atom. The average molecular weight is 223 g/mol. The molecule has 0 amide bonds. The Kier molecular flexibility index (Phi) is 3.44. The van der Waals surface area contributed by atoms with Crippen LogP contribution in [0, 0.1) is 6.92 Å². The first-order valence-electron chi connectivity index (χ1n) is 5.42. The molecular weight excluding hydrogens is 206 g/mol. The Labute approximate surface area is 95.0 Å². The van der Waals surface area contributed by atoms with Crippen molar-refractivity contribution in [2.45, 2.75) is 26.3 Å². The molecule has 2 rings (SSSR count). The van der Waals surface area contributed by atoms with Crippen molar-refractivity contribution < 1.29 is 4.74 Å². The molecule has 0 saturated heterocycles. The normalized spacial score (nSPS) is 17.3. The number of ether oxygens (including phenoxy) is 1. The Bertz CT molecular complexity index is 356. The van der Waals surface area contributed by atoms with Gasteiger partial charge < -0.3 is 10.1 Å². The van der Waals surface area contributed by atoms with Gasteiger partial charge in [0.15, 0.2) is 0 Å². The van der Waals surface area contributed by atoms with Crippen molar-refractivity contribution in [1.29, 1.82) is 0 Å². The van der Waals surface area contributed by atoms with Crippen LogP contribution < -0.4 is 5.32 Å². The van der Waals surface area contributed by atoms with E-state index >= 15 is 0 Å². The summed E-state index contributed by atoms with van der Waals surface area (Å²) in [5.41, 5.74) is 2.71. The molecule has 0 fully saturated rings. The van der Waals surface area contributed by atoms with Crippen molar-refractivity contribution in [1.82, 2.24) is 5.32 Å². The maximum Gasteiger partial charge on any atom is 0.114 e. The highest BCUT2D eigenvalue weighted by Crippen LogP contribution is 2.30. The van der Waals surface area contributed by atoms with E-state index in [9.17, 15) is 0 Å². The third kappa shape index (κ3) is 2.24. The van der Waals surface area contributed by atoms with Crippen molar-refractivity contribution in [3.05, 3.63) is 33.7 Å². The van der Waals surface area contributed by atoms with Gasteiger partial charge in [-0.05, 0) is 41.4 Å². The third-order valence-electron chi connectivity index (χ3n) is 2.63. The summed E-state index contributed by atoms with van der Waals surface area (Å²) < 4.78 is 5.65. The Hall–Kier alpha value is -0.800. The number of hydrogen-bond acceptors (Lipinski definition) is 3. The van der Waals surface area contributed by atoms with E-state index in [0.29, 0.717) is 0 Å². The fourth-order valence-corrected chi connectivity index (χ4v) is 2.75. The quantitative estimate of drug-likeness (QED) is 0.847. The van der Waals surface area contributed by atoms with Crippen LogP contribution in [0.3, 0.4) is 0 Å². The van der Waals surface area contributed by atoms with Crippen LogP contribution in [0.2, 0.25) is 0 Å². The van der Waals surface area contributed by atoms with Crippen LogP contribution in [-0.2, 0) is 4.74 Å². The summed E-state index contributed by atoms with van der Waals surface area (Å²) >= 11 is 1.76. The summed E-state index contributed by atoms with van der Waals surface area (Å²) in [5.74, 6) is 1.10. The number of hydrogen-bond donors (Lipinski definition) is 1. The molecule has 1 aromatic heterocycles. The average Bonchev–Trinajstić information content (AvgIpc) is 2.85. The van der Waals surface area contributed by atoms with Gasteiger partial charge in [-0.25, -0.2) is 0 Å². The molecule has 1 aliphatic heterocycles. The van der Waals surface area contributed by atoms with Crippen LogP contribution in [0.1, 0.15) is 30.5 Å². The molecule has 1 aromatic rings. The standard InChI is InChI=1S/C12H17NOS/c1-3-13-12(11-5-4-6-14-11)10-8-15-7-9(10)2/h5,7-8,12-13H,3-4,6H2,1-2H3. The zero-order chi connectivity index (χ0) is 10.7. The molecule has 1 aliphatic rings. The summed E-state index contributed by atoms with van der Waals surface area (Å²) in [4.78, 5) is 0. The zero-order valence-electron chi connectivity index (χ0n) is 9.25. The predicted octanol–water partition coefficient (Wildman–Crippen LogP) is 3.01. The predicted molar refractivity (Wildman–Crippen MR) is 64.1 cm³/mol. The van der Waals surface area contributed by atoms with Crippen LogP contribution in [-0.4, -0.2) is 13.2 Å². The van der Waals surface area contributed by atoms with Crippen LogP contribution in [0.4, 0.5) is 0 Å². The molecule has 15 heavy (non-hydrogen) atoms. The van der Waals surface area contributed by atoms with Gasteiger partial charge >= 0.3 is 0 Å². The Balaban J connectivity index is 2.23. The minimum absolute atomic E-state index is 0.253. The number of nitrogens with one attached hydrogen (secondary N) is 1. The lowest BCUT2D eigenvalue weighted by Crippen LogP contribution is -2.23. The molecule has 2 nitrogen and oxygen atoms in total. The van der Waals surface area contributed by atoms with E-state index in [1.165, 1.54) is 11.1 Å². The van der Waals surface area contributed by atoms with Crippen LogP contribution in [0.5, 0.6) is 0 Å². The summed E-state index contributed by atoms with van der Waals surface area (Å²) in [7, 11) is 0. The van der Waals surface area contributed by atoms with Crippen LogP contribution in [0.25, 0.3) is 0 Å². The summed E-state index contributed by atoms with van der Waals surface area (Å²) in [6.45, 7) is 6.08. The Morgan fingerprint density at radius 2 is 2.40 bits per heavy atom. The third-order valence-corrected chi connectivity index (χ3v) is 3.51. The topological polar surface area (TPSA) is 21.3 Å². The maximum absolute atomic E-state index is 5.65. The second-order valence-corrected chi connectivity index (χ2v) is 4.49. The Morgan fingerprint density at radius 1 is 1.53 bits per heavy atom. The van der Waals surface area contributed by atoms with Gasteiger partial charge in [0.2, 0.25) is 0 Å². The highest BCUT2D eigenvalue weighted by molar-refractivity contribution is 7.08. The summed E-state index contributed by atoms with van der Waals surface area (Å²) in [5, 5.41) is 7.88. The molecule has 0 radical (unpaired) electrons. The molecule has 2 heterocycles. The fourth-order valence-electron chi connectivity index (χ4n) is 1.87. The van der Waals surface area contributed by atoms with E-state index in [-0.39, 0.29) is 6.04 Å². The van der Waals surface area contributed by atoms with Crippen LogP contribution >= 0.6 is 11.3 Å². The lowest BCUT2D eigenvalue weighted by molar-refractivity contribution is 0.216. The number of aryl methyl sites for hydroxylation is 1. The van der Waals surface area contributed by atoms with E-state index in [1.54, 1.807) is 11.3 Å². The number of thiophene rings is 1. The lowest BCUT2D eigenvalue weighted by atomic mass is 10.0. The molecule has 0 saturated carbocycles. The van der Waals surface area contributed by atoms with Gasteiger partial charge in [0.05, 0.1) is 12.6 Å². The molecule has 0 aliphatic carbocycles. The molecule has 0 aromatic carbocycles. The first kappa shape index (κ1) is 10.7. The van der Waals surface area contributed by atoms with Gasteiger partial charge in [-0.2, -0.15) is 11.3 Å². The zero-order valence-corrected chi connectivity index (χ0v) is 10.1. The molecule has 1 atom stereocenters. The molecule has 1 N–H and O–H groups in total. The van der Waals surface area contributed by atoms with Gasteiger partial charge in [0, 0.05) is 6.42 Å². The molecule has 0 bridgehead atoms. The van der Waals surface area contributed by atoms with Gasteiger partial charge in [0.1, 0.15) is 5.76 Å². The minimum Gasteiger partial charge on any atom is -0.496 e. The van der Waals surface area contributed by atoms with E-state index in [4.69, 9.17) is 4.74 Å². The maximum atomic E-state index is 5.65. The van der Waals surface area contributed by atoms with E-state index in [1.807, 2.05) is 0 Å². The highest BCUT2D eigenvalue weighted by atomic mass is 32.1. The smallest absolute Gasteiger partial charge is 0.114 e. The van der Waals surface area contributed by atoms with Gasteiger partial charge in [-0.1, -0.05) is 6.92 Å². The minimum atomic E-state index is 0.253. The highest BCUT2D eigenvalue weighted by Gasteiger charge is 2.21. The summed E-state index contributed by atoms with van der Waals surface area (Å²) in [6, 6.07) is 0.253. The van der Waals surface area contributed by atoms with Crippen molar-refractivity contribution in [3.63, 3.8) is 0 Å². The largest absolute Gasteiger partial charge is 0.496 e. The van der Waals surface area contributed by atoms with Gasteiger partial charge in [0.25, 0.3) is 0 Å². The van der Waals surface area contributed by atoms with E-state index < -0.39 is 0 Å². The monoisotopic (exact) mass is 223 g/mol.